The SMILES string of the molecule is CCCC(C)C(=O)c1ccc(C(F)(F)F)c(Cl)c1. The number of benzene rings is 1. The minimum atomic E-state index is -4.49. The largest absolute Gasteiger partial charge is 0.417 e. The first kappa shape index (κ1) is 15.0. The first-order chi connectivity index (χ1) is 8.27. The molecular weight excluding hydrogens is 265 g/mol. The van der Waals surface area contributed by atoms with Crippen molar-refractivity contribution < 1.29 is 18.0 Å². The highest BCUT2D eigenvalue weighted by molar-refractivity contribution is 6.31. The van der Waals surface area contributed by atoms with Gasteiger partial charge < -0.3 is 0 Å². The number of carbonyl (C=O) groups is 1. The number of halogens is 4. The Morgan fingerprint density at radius 2 is 2.00 bits per heavy atom. The molecule has 1 aromatic rings. The van der Waals surface area contributed by atoms with Gasteiger partial charge >= 0.3 is 6.18 Å². The summed E-state index contributed by atoms with van der Waals surface area (Å²) < 4.78 is 37.5. The second kappa shape index (κ2) is 5.74. The molecule has 0 aliphatic carbocycles. The summed E-state index contributed by atoms with van der Waals surface area (Å²) in [7, 11) is 0. The van der Waals surface area contributed by atoms with Crippen LogP contribution in [-0.2, 0) is 6.18 Å². The average Bonchev–Trinajstić information content (AvgIpc) is 2.26. The van der Waals surface area contributed by atoms with Gasteiger partial charge in [0, 0.05) is 11.5 Å². The van der Waals surface area contributed by atoms with E-state index in [1.165, 1.54) is 6.07 Å². The monoisotopic (exact) mass is 278 g/mol. The van der Waals surface area contributed by atoms with Gasteiger partial charge in [0.15, 0.2) is 5.78 Å². The zero-order chi connectivity index (χ0) is 13.9. The summed E-state index contributed by atoms with van der Waals surface area (Å²) in [6, 6.07) is 3.14. The summed E-state index contributed by atoms with van der Waals surface area (Å²) in [4.78, 5) is 11.9. The lowest BCUT2D eigenvalue weighted by Gasteiger charge is -2.12. The third kappa shape index (κ3) is 3.48. The molecule has 0 aliphatic rings. The van der Waals surface area contributed by atoms with Crippen LogP contribution in [0.3, 0.4) is 0 Å². The molecular formula is C13H14ClF3O. The Kier molecular flexibility index (Phi) is 4.79. The van der Waals surface area contributed by atoms with Crippen molar-refractivity contribution in [1.82, 2.24) is 0 Å². The third-order valence-electron chi connectivity index (χ3n) is 2.73. The predicted octanol–water partition coefficient (Wildman–Crippen LogP) is 4.98. The lowest BCUT2D eigenvalue weighted by atomic mass is 9.95. The molecule has 1 rings (SSSR count). The standard InChI is InChI=1S/C13H14ClF3O/c1-3-4-8(2)12(18)9-5-6-10(11(14)7-9)13(15,16)17/h5-8H,3-4H2,1-2H3. The van der Waals surface area contributed by atoms with Crippen LogP contribution in [0.15, 0.2) is 18.2 Å². The smallest absolute Gasteiger partial charge is 0.294 e. The van der Waals surface area contributed by atoms with Gasteiger partial charge in [-0.3, -0.25) is 4.79 Å². The minimum absolute atomic E-state index is 0.174. The van der Waals surface area contributed by atoms with Crippen LogP contribution >= 0.6 is 11.6 Å². The van der Waals surface area contributed by atoms with Gasteiger partial charge in [0.05, 0.1) is 10.6 Å². The van der Waals surface area contributed by atoms with Crippen LogP contribution in [0.5, 0.6) is 0 Å². The first-order valence-electron chi connectivity index (χ1n) is 5.68. The Bertz CT molecular complexity index is 440. The van der Waals surface area contributed by atoms with E-state index in [-0.39, 0.29) is 17.3 Å². The molecule has 1 unspecified atom stereocenters. The molecule has 0 aliphatic heterocycles. The molecule has 100 valence electrons. The van der Waals surface area contributed by atoms with E-state index < -0.39 is 16.8 Å². The van der Waals surface area contributed by atoms with Crippen molar-refractivity contribution in [2.45, 2.75) is 32.9 Å². The van der Waals surface area contributed by atoms with E-state index in [9.17, 15) is 18.0 Å². The average molecular weight is 279 g/mol. The van der Waals surface area contributed by atoms with Crippen LogP contribution in [0, 0.1) is 5.92 Å². The van der Waals surface area contributed by atoms with Gasteiger partial charge in [-0.05, 0) is 18.6 Å². The van der Waals surface area contributed by atoms with Crippen LogP contribution < -0.4 is 0 Å². The Labute approximate surface area is 109 Å². The van der Waals surface area contributed by atoms with E-state index in [1.807, 2.05) is 6.92 Å². The van der Waals surface area contributed by atoms with Gasteiger partial charge in [-0.25, -0.2) is 0 Å². The minimum Gasteiger partial charge on any atom is -0.294 e. The summed E-state index contributed by atoms with van der Waals surface area (Å²) in [5.41, 5.74) is -0.683. The fourth-order valence-corrected chi connectivity index (χ4v) is 2.03. The number of hydrogen-bond donors (Lipinski definition) is 0. The normalized spacial score (nSPS) is 13.4. The molecule has 0 aromatic heterocycles. The molecule has 18 heavy (non-hydrogen) atoms. The molecule has 0 radical (unpaired) electrons. The molecule has 0 amide bonds. The van der Waals surface area contributed by atoms with Gasteiger partial charge in [0.2, 0.25) is 0 Å². The number of Topliss-reactive ketones (excluding diaryl/α,β-unsaturated/α-hetero) is 1. The number of alkyl halides is 3. The molecule has 0 N–H and O–H groups in total. The molecule has 5 heteroatoms. The summed E-state index contributed by atoms with van der Waals surface area (Å²) in [5, 5.41) is -0.433. The quantitative estimate of drug-likeness (QED) is 0.710. The Morgan fingerprint density at radius 1 is 1.39 bits per heavy atom. The van der Waals surface area contributed by atoms with Crippen LogP contribution in [0.2, 0.25) is 5.02 Å². The van der Waals surface area contributed by atoms with E-state index in [4.69, 9.17) is 11.6 Å². The highest BCUT2D eigenvalue weighted by Gasteiger charge is 2.33. The Balaban J connectivity index is 3.01. The van der Waals surface area contributed by atoms with Crippen molar-refractivity contribution in [2.24, 2.45) is 5.92 Å². The van der Waals surface area contributed by atoms with Gasteiger partial charge in [-0.15, -0.1) is 0 Å². The maximum atomic E-state index is 12.5. The van der Waals surface area contributed by atoms with E-state index in [0.717, 1.165) is 18.6 Å². The topological polar surface area (TPSA) is 17.1 Å². The molecule has 0 saturated heterocycles. The van der Waals surface area contributed by atoms with Crippen molar-refractivity contribution in [3.05, 3.63) is 34.3 Å². The lowest BCUT2D eigenvalue weighted by Crippen LogP contribution is -2.12. The molecule has 0 spiro atoms. The van der Waals surface area contributed by atoms with Crippen molar-refractivity contribution in [2.75, 3.05) is 0 Å². The van der Waals surface area contributed by atoms with E-state index in [0.29, 0.717) is 6.42 Å². The molecule has 0 bridgehead atoms. The molecule has 1 atom stereocenters. The summed E-state index contributed by atoms with van der Waals surface area (Å²) in [6.07, 6.45) is -2.94. The molecule has 0 heterocycles. The van der Waals surface area contributed by atoms with Crippen LogP contribution in [0.25, 0.3) is 0 Å². The fraction of sp³-hybridized carbons (Fsp3) is 0.462. The highest BCUT2D eigenvalue weighted by Crippen LogP contribution is 2.35. The molecule has 0 saturated carbocycles. The first-order valence-corrected chi connectivity index (χ1v) is 6.06. The van der Waals surface area contributed by atoms with Gasteiger partial charge in [0.1, 0.15) is 0 Å². The van der Waals surface area contributed by atoms with Crippen LogP contribution in [0.4, 0.5) is 13.2 Å². The predicted molar refractivity (Wildman–Crippen MR) is 64.9 cm³/mol. The highest BCUT2D eigenvalue weighted by atomic mass is 35.5. The van der Waals surface area contributed by atoms with Crippen molar-refractivity contribution >= 4 is 17.4 Å². The number of rotatable bonds is 4. The zero-order valence-electron chi connectivity index (χ0n) is 10.1. The zero-order valence-corrected chi connectivity index (χ0v) is 10.9. The second-order valence-corrected chi connectivity index (χ2v) is 4.65. The van der Waals surface area contributed by atoms with Crippen LogP contribution in [-0.4, -0.2) is 5.78 Å². The van der Waals surface area contributed by atoms with Crippen molar-refractivity contribution in [1.29, 1.82) is 0 Å². The Morgan fingerprint density at radius 3 is 2.44 bits per heavy atom. The van der Waals surface area contributed by atoms with E-state index in [1.54, 1.807) is 6.92 Å². The van der Waals surface area contributed by atoms with Crippen molar-refractivity contribution in [3.63, 3.8) is 0 Å². The molecule has 0 fully saturated rings. The number of ketones is 1. The number of hydrogen-bond acceptors (Lipinski definition) is 1. The number of carbonyl (C=O) groups excluding carboxylic acids is 1. The molecule has 1 aromatic carbocycles. The second-order valence-electron chi connectivity index (χ2n) is 4.25. The van der Waals surface area contributed by atoms with E-state index in [2.05, 4.69) is 0 Å². The van der Waals surface area contributed by atoms with Crippen molar-refractivity contribution in [3.8, 4) is 0 Å². The van der Waals surface area contributed by atoms with Gasteiger partial charge in [-0.1, -0.05) is 37.9 Å². The lowest BCUT2D eigenvalue weighted by molar-refractivity contribution is -0.137. The third-order valence-corrected chi connectivity index (χ3v) is 3.04. The molecule has 1 nitrogen and oxygen atoms in total. The maximum absolute atomic E-state index is 12.5. The summed E-state index contributed by atoms with van der Waals surface area (Å²) in [5.74, 6) is -0.379. The Hall–Kier alpha value is -1.03. The summed E-state index contributed by atoms with van der Waals surface area (Å²) >= 11 is 5.57. The fourth-order valence-electron chi connectivity index (χ4n) is 1.75. The summed E-state index contributed by atoms with van der Waals surface area (Å²) in [6.45, 7) is 3.71. The van der Waals surface area contributed by atoms with E-state index >= 15 is 0 Å². The van der Waals surface area contributed by atoms with Crippen LogP contribution in [0.1, 0.15) is 42.6 Å². The van der Waals surface area contributed by atoms with Gasteiger partial charge in [0.25, 0.3) is 0 Å². The van der Waals surface area contributed by atoms with Gasteiger partial charge in [-0.2, -0.15) is 13.2 Å². The maximum Gasteiger partial charge on any atom is 0.417 e.